The topological polar surface area (TPSA) is 80.9 Å². The number of nitrogen functional groups attached to an aromatic ring is 1. The molecule has 0 fully saturated rings. The molecule has 3 N–H and O–H groups in total. The molecule has 0 saturated heterocycles. The lowest BCUT2D eigenvalue weighted by molar-refractivity contribution is 0.706. The Bertz CT molecular complexity index is 719. The van der Waals surface area contributed by atoms with Crippen LogP contribution in [0.5, 0.6) is 0 Å². The summed E-state index contributed by atoms with van der Waals surface area (Å²) in [6.07, 6.45) is 2.18. The number of nitrogens with one attached hydrogen (secondary N) is 1. The van der Waals surface area contributed by atoms with Crippen LogP contribution in [0.25, 0.3) is 0 Å². The fourth-order valence-electron chi connectivity index (χ4n) is 1.80. The SMILES string of the molecule is CCc1cn(Cc2ccc(N)cc2Br)c(=O)[nH]c1=O. The van der Waals surface area contributed by atoms with Crippen molar-refractivity contribution in [1.29, 1.82) is 0 Å². The van der Waals surface area contributed by atoms with Gasteiger partial charge in [-0.25, -0.2) is 4.79 Å². The molecule has 2 aromatic rings. The van der Waals surface area contributed by atoms with E-state index < -0.39 is 5.69 Å². The highest BCUT2D eigenvalue weighted by Gasteiger charge is 2.06. The quantitative estimate of drug-likeness (QED) is 0.840. The van der Waals surface area contributed by atoms with Crippen molar-refractivity contribution in [1.82, 2.24) is 9.55 Å². The maximum atomic E-state index is 11.8. The Kier molecular flexibility index (Phi) is 3.90. The van der Waals surface area contributed by atoms with Gasteiger partial charge in [0.1, 0.15) is 0 Å². The largest absolute Gasteiger partial charge is 0.399 e. The highest BCUT2D eigenvalue weighted by Crippen LogP contribution is 2.20. The summed E-state index contributed by atoms with van der Waals surface area (Å²) >= 11 is 3.41. The van der Waals surface area contributed by atoms with Crippen molar-refractivity contribution in [2.24, 2.45) is 0 Å². The summed E-state index contributed by atoms with van der Waals surface area (Å²) in [6, 6.07) is 5.41. The van der Waals surface area contributed by atoms with E-state index in [1.54, 1.807) is 18.3 Å². The van der Waals surface area contributed by atoms with Gasteiger partial charge in [0.15, 0.2) is 0 Å². The molecule has 19 heavy (non-hydrogen) atoms. The van der Waals surface area contributed by atoms with Gasteiger partial charge in [0.25, 0.3) is 5.56 Å². The molecule has 1 aromatic heterocycles. The van der Waals surface area contributed by atoms with Gasteiger partial charge >= 0.3 is 5.69 Å². The van der Waals surface area contributed by atoms with Crippen molar-refractivity contribution in [3.63, 3.8) is 0 Å². The van der Waals surface area contributed by atoms with Crippen molar-refractivity contribution in [3.05, 3.63) is 60.8 Å². The van der Waals surface area contributed by atoms with E-state index in [0.29, 0.717) is 24.2 Å². The van der Waals surface area contributed by atoms with E-state index in [9.17, 15) is 9.59 Å². The van der Waals surface area contributed by atoms with Crippen LogP contribution in [0.3, 0.4) is 0 Å². The first kappa shape index (κ1) is 13.6. The van der Waals surface area contributed by atoms with E-state index in [0.717, 1.165) is 10.0 Å². The van der Waals surface area contributed by atoms with Crippen molar-refractivity contribution in [3.8, 4) is 0 Å². The molecule has 0 atom stereocenters. The molecule has 0 saturated carbocycles. The second-order valence-corrected chi connectivity index (χ2v) is 5.10. The van der Waals surface area contributed by atoms with E-state index in [1.165, 1.54) is 4.57 Å². The Labute approximate surface area is 118 Å². The lowest BCUT2D eigenvalue weighted by atomic mass is 10.2. The molecule has 0 radical (unpaired) electrons. The number of aromatic amines is 1. The van der Waals surface area contributed by atoms with Gasteiger partial charge in [0.05, 0.1) is 6.54 Å². The number of nitrogens with two attached hydrogens (primary N) is 1. The van der Waals surface area contributed by atoms with Crippen LogP contribution in [0.15, 0.2) is 38.5 Å². The molecule has 0 amide bonds. The second kappa shape index (κ2) is 5.44. The first-order valence-corrected chi connectivity index (χ1v) is 6.67. The number of nitrogens with zero attached hydrogens (tertiary/aromatic N) is 1. The van der Waals surface area contributed by atoms with Crippen molar-refractivity contribution >= 4 is 21.6 Å². The summed E-state index contributed by atoms with van der Waals surface area (Å²) in [5.41, 5.74) is 7.10. The average Bonchev–Trinajstić information content (AvgIpc) is 2.35. The third-order valence-corrected chi connectivity index (χ3v) is 3.62. The Morgan fingerprint density at radius 3 is 2.68 bits per heavy atom. The second-order valence-electron chi connectivity index (χ2n) is 4.25. The Hall–Kier alpha value is -1.82. The van der Waals surface area contributed by atoms with Crippen molar-refractivity contribution < 1.29 is 0 Å². The van der Waals surface area contributed by atoms with Crippen LogP contribution in [-0.4, -0.2) is 9.55 Å². The zero-order chi connectivity index (χ0) is 14.0. The maximum Gasteiger partial charge on any atom is 0.328 e. The number of H-pyrrole nitrogens is 1. The summed E-state index contributed by atoms with van der Waals surface area (Å²) in [4.78, 5) is 25.6. The smallest absolute Gasteiger partial charge is 0.328 e. The molecule has 0 spiro atoms. The minimum absolute atomic E-state index is 0.319. The number of rotatable bonds is 3. The average molecular weight is 324 g/mol. The van der Waals surface area contributed by atoms with Gasteiger partial charge in [-0.05, 0) is 24.1 Å². The molecule has 0 unspecified atom stereocenters. The van der Waals surface area contributed by atoms with Gasteiger partial charge < -0.3 is 5.73 Å². The lowest BCUT2D eigenvalue weighted by Crippen LogP contribution is -2.31. The van der Waals surface area contributed by atoms with Crippen LogP contribution < -0.4 is 17.0 Å². The van der Waals surface area contributed by atoms with Crippen molar-refractivity contribution in [2.75, 3.05) is 5.73 Å². The number of anilines is 1. The fraction of sp³-hybridized carbons (Fsp3) is 0.231. The van der Waals surface area contributed by atoms with E-state index in [-0.39, 0.29) is 5.56 Å². The summed E-state index contributed by atoms with van der Waals surface area (Å²) < 4.78 is 2.32. The number of halogens is 1. The van der Waals surface area contributed by atoms with Gasteiger partial charge in [-0.3, -0.25) is 14.3 Å². The molecule has 1 aromatic carbocycles. The number of hydrogen-bond acceptors (Lipinski definition) is 3. The maximum absolute atomic E-state index is 11.8. The number of hydrogen-bond donors (Lipinski definition) is 2. The molecule has 0 aliphatic rings. The molecule has 0 bridgehead atoms. The summed E-state index contributed by atoms with van der Waals surface area (Å²) in [5.74, 6) is 0. The van der Waals surface area contributed by atoms with Crippen LogP contribution in [0.4, 0.5) is 5.69 Å². The molecule has 2 rings (SSSR count). The van der Waals surface area contributed by atoms with Gasteiger partial charge in [-0.2, -0.15) is 0 Å². The van der Waals surface area contributed by atoms with E-state index in [1.807, 2.05) is 13.0 Å². The van der Waals surface area contributed by atoms with Crippen LogP contribution >= 0.6 is 15.9 Å². The highest BCUT2D eigenvalue weighted by molar-refractivity contribution is 9.10. The van der Waals surface area contributed by atoms with E-state index in [2.05, 4.69) is 20.9 Å². The van der Waals surface area contributed by atoms with Gasteiger partial charge in [0, 0.05) is 21.9 Å². The van der Waals surface area contributed by atoms with Crippen LogP contribution in [0.1, 0.15) is 18.1 Å². The molecule has 0 aliphatic heterocycles. The van der Waals surface area contributed by atoms with Crippen LogP contribution in [0.2, 0.25) is 0 Å². The zero-order valence-electron chi connectivity index (χ0n) is 10.4. The predicted molar refractivity (Wildman–Crippen MR) is 78.4 cm³/mol. The summed E-state index contributed by atoms with van der Waals surface area (Å²) in [5, 5.41) is 0. The third kappa shape index (κ3) is 2.96. The predicted octanol–water partition coefficient (Wildman–Crippen LogP) is 1.49. The summed E-state index contributed by atoms with van der Waals surface area (Å²) in [6.45, 7) is 2.25. The summed E-state index contributed by atoms with van der Waals surface area (Å²) in [7, 11) is 0. The molecule has 5 nitrogen and oxygen atoms in total. The van der Waals surface area contributed by atoms with Crippen LogP contribution in [-0.2, 0) is 13.0 Å². The third-order valence-electron chi connectivity index (χ3n) is 2.88. The minimum Gasteiger partial charge on any atom is -0.399 e. The first-order chi connectivity index (χ1) is 9.01. The lowest BCUT2D eigenvalue weighted by Gasteiger charge is -2.09. The Morgan fingerprint density at radius 2 is 2.05 bits per heavy atom. The van der Waals surface area contributed by atoms with E-state index >= 15 is 0 Å². The normalized spacial score (nSPS) is 10.6. The number of benzene rings is 1. The highest BCUT2D eigenvalue weighted by atomic mass is 79.9. The van der Waals surface area contributed by atoms with Crippen molar-refractivity contribution in [2.45, 2.75) is 19.9 Å². The monoisotopic (exact) mass is 323 g/mol. The fourth-order valence-corrected chi connectivity index (χ4v) is 2.32. The molecule has 100 valence electrons. The Balaban J connectivity index is 2.43. The molecular weight excluding hydrogens is 310 g/mol. The zero-order valence-corrected chi connectivity index (χ0v) is 12.0. The van der Waals surface area contributed by atoms with Crippen LogP contribution in [0, 0.1) is 0 Å². The Morgan fingerprint density at radius 1 is 1.32 bits per heavy atom. The van der Waals surface area contributed by atoms with E-state index in [4.69, 9.17) is 5.73 Å². The number of aromatic nitrogens is 2. The van der Waals surface area contributed by atoms with Gasteiger partial charge in [-0.15, -0.1) is 0 Å². The van der Waals surface area contributed by atoms with Gasteiger partial charge in [-0.1, -0.05) is 28.9 Å². The van der Waals surface area contributed by atoms with Gasteiger partial charge in [0.2, 0.25) is 0 Å². The molecule has 6 heteroatoms. The minimum atomic E-state index is -0.411. The standard InChI is InChI=1S/C13H14BrN3O2/c1-2-8-6-17(13(19)16-12(8)18)7-9-3-4-10(15)5-11(9)14/h3-6H,2,7,15H2,1H3,(H,16,18,19). The molecule has 1 heterocycles. The molecule has 0 aliphatic carbocycles. The number of aryl methyl sites for hydroxylation is 1. The first-order valence-electron chi connectivity index (χ1n) is 5.87. The molecular formula is C13H14BrN3O2.